The highest BCUT2D eigenvalue weighted by molar-refractivity contribution is 6.76. The lowest BCUT2D eigenvalue weighted by Gasteiger charge is -2.39. The smallest absolute Gasteiger partial charge is 0.407 e. The third-order valence-corrected chi connectivity index (χ3v) is 7.74. The zero-order valence-corrected chi connectivity index (χ0v) is 21.7. The van der Waals surface area contributed by atoms with Gasteiger partial charge in [0.25, 0.3) is 5.91 Å². The van der Waals surface area contributed by atoms with Gasteiger partial charge in [0.05, 0.1) is 20.8 Å². The van der Waals surface area contributed by atoms with E-state index in [1.807, 2.05) is 17.0 Å². The number of benzene rings is 1. The third-order valence-electron chi connectivity index (χ3n) is 6.03. The molecule has 1 aliphatic rings. The fourth-order valence-electron chi connectivity index (χ4n) is 4.04. The van der Waals surface area contributed by atoms with Crippen LogP contribution in [0.15, 0.2) is 42.7 Å². The van der Waals surface area contributed by atoms with E-state index >= 15 is 0 Å². The van der Waals surface area contributed by atoms with Crippen LogP contribution in [0.2, 0.25) is 25.7 Å². The molecule has 1 aliphatic heterocycles. The zero-order chi connectivity index (χ0) is 24.7. The minimum Gasteiger partial charge on any atom is -0.493 e. The van der Waals surface area contributed by atoms with Crippen molar-refractivity contribution in [2.75, 3.05) is 33.9 Å². The predicted octanol–water partition coefficient (Wildman–Crippen LogP) is 4.16. The Bertz CT molecular complexity index is 980. The number of carbonyl (C=O) groups excluding carboxylic acids is 2. The molecule has 1 aromatic heterocycles. The van der Waals surface area contributed by atoms with Gasteiger partial charge in [-0.2, -0.15) is 0 Å². The van der Waals surface area contributed by atoms with Gasteiger partial charge < -0.3 is 24.4 Å². The van der Waals surface area contributed by atoms with Crippen LogP contribution in [0.25, 0.3) is 0 Å². The molecule has 2 atom stereocenters. The second-order valence-electron chi connectivity index (χ2n) is 9.70. The van der Waals surface area contributed by atoms with Crippen molar-refractivity contribution >= 4 is 20.1 Å². The van der Waals surface area contributed by atoms with Crippen LogP contribution in [0.3, 0.4) is 0 Å². The Balaban J connectivity index is 1.73. The van der Waals surface area contributed by atoms with Crippen molar-refractivity contribution in [1.29, 1.82) is 0 Å². The molecular formula is C25H35N3O5Si. The van der Waals surface area contributed by atoms with Gasteiger partial charge in [0.15, 0.2) is 11.5 Å². The molecule has 0 bridgehead atoms. The molecule has 0 saturated carbocycles. The molecule has 0 spiro atoms. The third kappa shape index (κ3) is 6.72. The molecular weight excluding hydrogens is 450 g/mol. The average Bonchev–Trinajstić information content (AvgIpc) is 2.83. The maximum Gasteiger partial charge on any atom is 0.407 e. The van der Waals surface area contributed by atoms with Gasteiger partial charge in [-0.3, -0.25) is 9.78 Å². The molecule has 2 aromatic rings. The molecule has 2 amide bonds. The number of ether oxygens (including phenoxy) is 3. The lowest BCUT2D eigenvalue weighted by atomic mass is 9.86. The summed E-state index contributed by atoms with van der Waals surface area (Å²) >= 11 is 0. The molecule has 184 valence electrons. The molecule has 9 heteroatoms. The second-order valence-corrected chi connectivity index (χ2v) is 15.3. The number of nitrogens with zero attached hydrogens (tertiary/aromatic N) is 2. The minimum atomic E-state index is -1.28. The minimum absolute atomic E-state index is 0.0917. The monoisotopic (exact) mass is 485 g/mol. The Kier molecular flexibility index (Phi) is 8.54. The number of aromatic nitrogens is 1. The van der Waals surface area contributed by atoms with E-state index in [2.05, 4.69) is 29.9 Å². The van der Waals surface area contributed by atoms with E-state index in [4.69, 9.17) is 14.2 Å². The van der Waals surface area contributed by atoms with E-state index in [1.54, 1.807) is 44.8 Å². The quantitative estimate of drug-likeness (QED) is 0.565. The summed E-state index contributed by atoms with van der Waals surface area (Å²) in [4.78, 5) is 31.9. The Morgan fingerprint density at radius 2 is 1.91 bits per heavy atom. The number of amides is 2. The summed E-state index contributed by atoms with van der Waals surface area (Å²) in [5.41, 5.74) is 1.50. The summed E-state index contributed by atoms with van der Waals surface area (Å²) in [5.74, 6) is 0.889. The first-order chi connectivity index (χ1) is 16.2. The van der Waals surface area contributed by atoms with Gasteiger partial charge >= 0.3 is 6.09 Å². The van der Waals surface area contributed by atoms with Gasteiger partial charge in [-0.25, -0.2) is 4.79 Å². The Morgan fingerprint density at radius 1 is 1.15 bits per heavy atom. The molecule has 34 heavy (non-hydrogen) atoms. The first-order valence-electron chi connectivity index (χ1n) is 11.6. The largest absolute Gasteiger partial charge is 0.493 e. The predicted molar refractivity (Wildman–Crippen MR) is 133 cm³/mol. The van der Waals surface area contributed by atoms with Crippen LogP contribution in [0.4, 0.5) is 4.79 Å². The highest BCUT2D eigenvalue weighted by Crippen LogP contribution is 2.31. The molecule has 1 aromatic carbocycles. The van der Waals surface area contributed by atoms with Crippen molar-refractivity contribution in [3.05, 3.63) is 53.9 Å². The van der Waals surface area contributed by atoms with E-state index in [-0.39, 0.29) is 17.9 Å². The van der Waals surface area contributed by atoms with Crippen LogP contribution in [0, 0.1) is 0 Å². The fraction of sp³-hybridized carbons (Fsp3) is 0.480. The fourth-order valence-corrected chi connectivity index (χ4v) is 4.75. The van der Waals surface area contributed by atoms with E-state index in [0.717, 1.165) is 11.6 Å². The van der Waals surface area contributed by atoms with Gasteiger partial charge in [-0.15, -0.1) is 0 Å². The van der Waals surface area contributed by atoms with Crippen molar-refractivity contribution in [3.63, 3.8) is 0 Å². The maximum absolute atomic E-state index is 13.3. The van der Waals surface area contributed by atoms with E-state index in [1.165, 1.54) is 0 Å². The standard InChI is InChI=1S/C25H35N3O5Si/c1-31-22-9-8-18(15-23(22)32-2)24(29)28-12-10-21(20(17-28)19-7-6-11-26-16-19)27-25(30)33-13-14-34(3,4)5/h6-9,11,15-16,20-21H,10,12-14,17H2,1-5H3,(H,27,30)/t20-,21+/m0/s1. The molecule has 0 unspecified atom stereocenters. The Morgan fingerprint density at radius 3 is 2.56 bits per heavy atom. The normalized spacial score (nSPS) is 18.2. The topological polar surface area (TPSA) is 90.0 Å². The van der Waals surface area contributed by atoms with E-state index in [0.29, 0.717) is 43.2 Å². The summed E-state index contributed by atoms with van der Waals surface area (Å²) in [6, 6.07) is 9.78. The summed E-state index contributed by atoms with van der Waals surface area (Å²) in [7, 11) is 1.82. The molecule has 1 N–H and O–H groups in total. The Hall–Kier alpha value is -3.07. The van der Waals surface area contributed by atoms with Crippen molar-refractivity contribution in [3.8, 4) is 11.5 Å². The van der Waals surface area contributed by atoms with Crippen LogP contribution < -0.4 is 14.8 Å². The number of pyridine rings is 1. The summed E-state index contributed by atoms with van der Waals surface area (Å²) < 4.78 is 16.1. The number of nitrogens with one attached hydrogen (secondary N) is 1. The van der Waals surface area contributed by atoms with Crippen LogP contribution in [-0.4, -0.2) is 69.9 Å². The summed E-state index contributed by atoms with van der Waals surface area (Å²) in [6.45, 7) is 8.14. The number of rotatable bonds is 8. The number of alkyl carbamates (subject to hydrolysis) is 1. The van der Waals surface area contributed by atoms with E-state index < -0.39 is 14.2 Å². The summed E-state index contributed by atoms with van der Waals surface area (Å²) in [6.07, 6.45) is 3.71. The van der Waals surface area contributed by atoms with Gasteiger partial charge in [0.2, 0.25) is 0 Å². The zero-order valence-electron chi connectivity index (χ0n) is 20.7. The lowest BCUT2D eigenvalue weighted by Crippen LogP contribution is -2.51. The van der Waals surface area contributed by atoms with Gasteiger partial charge in [-0.05, 0) is 42.3 Å². The summed E-state index contributed by atoms with van der Waals surface area (Å²) in [5, 5.41) is 3.04. The van der Waals surface area contributed by atoms with Gasteiger partial charge in [-0.1, -0.05) is 25.7 Å². The lowest BCUT2D eigenvalue weighted by molar-refractivity contribution is 0.0676. The van der Waals surface area contributed by atoms with Crippen molar-refractivity contribution < 1.29 is 23.8 Å². The van der Waals surface area contributed by atoms with Gasteiger partial charge in [0.1, 0.15) is 0 Å². The number of hydrogen-bond acceptors (Lipinski definition) is 6. The second kappa shape index (κ2) is 11.4. The number of hydrogen-bond donors (Lipinski definition) is 1. The van der Waals surface area contributed by atoms with Gasteiger partial charge in [0, 0.05) is 51.1 Å². The van der Waals surface area contributed by atoms with Crippen LogP contribution >= 0.6 is 0 Å². The van der Waals surface area contributed by atoms with Crippen molar-refractivity contribution in [2.45, 2.75) is 44.1 Å². The molecule has 2 heterocycles. The molecule has 0 radical (unpaired) electrons. The molecule has 1 saturated heterocycles. The van der Waals surface area contributed by atoms with Crippen LogP contribution in [0.1, 0.15) is 28.3 Å². The van der Waals surface area contributed by atoms with Crippen LogP contribution in [0.5, 0.6) is 11.5 Å². The van der Waals surface area contributed by atoms with E-state index in [9.17, 15) is 9.59 Å². The number of piperidine rings is 1. The first kappa shape index (κ1) is 25.5. The SMILES string of the molecule is COc1ccc(C(=O)N2CC[C@@H](NC(=O)OCC[Si](C)(C)C)[C@H](c3cccnc3)C2)cc1OC. The highest BCUT2D eigenvalue weighted by atomic mass is 28.3. The Labute approximate surface area is 202 Å². The number of carbonyl (C=O) groups is 2. The molecule has 3 rings (SSSR count). The molecule has 0 aliphatic carbocycles. The molecule has 8 nitrogen and oxygen atoms in total. The average molecular weight is 486 g/mol. The maximum atomic E-state index is 13.3. The number of likely N-dealkylation sites (tertiary alicyclic amines) is 1. The first-order valence-corrected chi connectivity index (χ1v) is 15.3. The number of methoxy groups -OCH3 is 2. The highest BCUT2D eigenvalue weighted by Gasteiger charge is 2.34. The van der Waals surface area contributed by atoms with Crippen molar-refractivity contribution in [1.82, 2.24) is 15.2 Å². The van der Waals surface area contributed by atoms with Crippen LogP contribution in [-0.2, 0) is 4.74 Å². The molecule has 1 fully saturated rings. The van der Waals surface area contributed by atoms with Crippen molar-refractivity contribution in [2.24, 2.45) is 0 Å².